The zero-order valence-electron chi connectivity index (χ0n) is 8.52. The fourth-order valence-electron chi connectivity index (χ4n) is 1.86. The first kappa shape index (κ1) is 10.6. The smallest absolute Gasteiger partial charge is 0.151 e. The molecule has 0 aliphatic carbocycles. The van der Waals surface area contributed by atoms with Crippen LogP contribution in [-0.4, -0.2) is 26.5 Å². The zero-order chi connectivity index (χ0) is 10.7. The molecule has 1 aromatic rings. The van der Waals surface area contributed by atoms with Gasteiger partial charge in [-0.05, 0) is 12.0 Å². The second kappa shape index (κ2) is 4.33. The van der Waals surface area contributed by atoms with E-state index in [0.29, 0.717) is 18.7 Å². The Balaban J connectivity index is 2.13. The molecule has 1 N–H and O–H groups in total. The Kier molecular flexibility index (Phi) is 3.07. The summed E-state index contributed by atoms with van der Waals surface area (Å²) in [4.78, 5) is 0. The van der Waals surface area contributed by atoms with E-state index in [-0.39, 0.29) is 11.8 Å². The zero-order valence-corrected chi connectivity index (χ0v) is 9.33. The molecular formula is C11H15NO2S. The van der Waals surface area contributed by atoms with Crippen molar-refractivity contribution in [3.05, 3.63) is 35.9 Å². The number of benzene rings is 1. The van der Waals surface area contributed by atoms with Gasteiger partial charge in [-0.15, -0.1) is 0 Å². The normalized spacial score (nSPS) is 25.7. The van der Waals surface area contributed by atoms with Gasteiger partial charge in [-0.3, -0.25) is 0 Å². The molecule has 3 nitrogen and oxygen atoms in total. The van der Waals surface area contributed by atoms with E-state index < -0.39 is 9.84 Å². The van der Waals surface area contributed by atoms with Gasteiger partial charge in [0, 0.05) is 12.6 Å². The minimum Gasteiger partial charge on any atom is -0.309 e. The Morgan fingerprint density at radius 1 is 1.13 bits per heavy atom. The molecule has 0 radical (unpaired) electrons. The number of rotatable bonds is 1. The van der Waals surface area contributed by atoms with Gasteiger partial charge in [0.05, 0.1) is 11.5 Å². The molecule has 1 fully saturated rings. The lowest BCUT2D eigenvalue weighted by Crippen LogP contribution is -2.22. The molecule has 1 aliphatic heterocycles. The number of sulfone groups is 1. The third kappa shape index (κ3) is 2.79. The Morgan fingerprint density at radius 2 is 1.87 bits per heavy atom. The molecule has 1 aromatic carbocycles. The van der Waals surface area contributed by atoms with E-state index in [4.69, 9.17) is 0 Å². The van der Waals surface area contributed by atoms with E-state index in [0.717, 1.165) is 0 Å². The van der Waals surface area contributed by atoms with Crippen LogP contribution in [0.3, 0.4) is 0 Å². The summed E-state index contributed by atoms with van der Waals surface area (Å²) in [7, 11) is -2.82. The lowest BCUT2D eigenvalue weighted by Gasteiger charge is -2.14. The van der Waals surface area contributed by atoms with Crippen LogP contribution in [0.15, 0.2) is 30.3 Å². The van der Waals surface area contributed by atoms with Gasteiger partial charge in [0.15, 0.2) is 9.84 Å². The van der Waals surface area contributed by atoms with Gasteiger partial charge in [-0.1, -0.05) is 30.3 Å². The summed E-state index contributed by atoms with van der Waals surface area (Å²) in [5.41, 5.74) is 1.18. The van der Waals surface area contributed by atoms with E-state index >= 15 is 0 Å². The summed E-state index contributed by atoms with van der Waals surface area (Å²) in [6.07, 6.45) is 0.673. The van der Waals surface area contributed by atoms with E-state index in [2.05, 4.69) is 5.32 Å². The maximum absolute atomic E-state index is 11.4. The molecule has 0 bridgehead atoms. The molecule has 1 saturated heterocycles. The van der Waals surface area contributed by atoms with Crippen LogP contribution in [-0.2, 0) is 9.84 Å². The molecule has 1 heterocycles. The Morgan fingerprint density at radius 3 is 2.60 bits per heavy atom. The summed E-state index contributed by atoms with van der Waals surface area (Å²) in [5.74, 6) is 0.551. The molecule has 1 unspecified atom stereocenters. The molecule has 2 rings (SSSR count). The maximum atomic E-state index is 11.4. The predicted octanol–water partition coefficient (Wildman–Crippen LogP) is 1.14. The van der Waals surface area contributed by atoms with Crippen LogP contribution in [0.5, 0.6) is 0 Å². The SMILES string of the molecule is O=S1(=O)CCNC(c2ccccc2)CC1. The number of nitrogens with one attached hydrogen (secondary N) is 1. The van der Waals surface area contributed by atoms with Crippen molar-refractivity contribution in [2.24, 2.45) is 0 Å². The Bertz CT molecular complexity index is 413. The average molecular weight is 225 g/mol. The second-order valence-corrected chi connectivity index (χ2v) is 6.16. The van der Waals surface area contributed by atoms with E-state index in [1.165, 1.54) is 5.56 Å². The second-order valence-electron chi connectivity index (χ2n) is 3.86. The first-order valence-corrected chi connectivity index (χ1v) is 6.98. The van der Waals surface area contributed by atoms with Crippen molar-refractivity contribution in [1.82, 2.24) is 5.32 Å². The highest BCUT2D eigenvalue weighted by Gasteiger charge is 2.20. The van der Waals surface area contributed by atoms with Crippen LogP contribution in [0.25, 0.3) is 0 Å². The molecule has 1 atom stereocenters. The van der Waals surface area contributed by atoms with E-state index in [1.54, 1.807) is 0 Å². The minimum atomic E-state index is -2.82. The molecule has 1 aliphatic rings. The number of hydrogen-bond acceptors (Lipinski definition) is 3. The van der Waals surface area contributed by atoms with Gasteiger partial charge in [0.25, 0.3) is 0 Å². The van der Waals surface area contributed by atoms with Gasteiger partial charge in [0.2, 0.25) is 0 Å². The van der Waals surface area contributed by atoms with Gasteiger partial charge in [-0.2, -0.15) is 0 Å². The van der Waals surface area contributed by atoms with Crippen molar-refractivity contribution in [2.45, 2.75) is 12.5 Å². The fourth-order valence-corrected chi connectivity index (χ4v) is 3.09. The Labute approximate surface area is 90.4 Å². The monoisotopic (exact) mass is 225 g/mol. The number of hydrogen-bond donors (Lipinski definition) is 1. The molecule has 0 aromatic heterocycles. The van der Waals surface area contributed by atoms with Crippen molar-refractivity contribution < 1.29 is 8.42 Å². The van der Waals surface area contributed by atoms with Crippen LogP contribution in [0.2, 0.25) is 0 Å². The molecule has 15 heavy (non-hydrogen) atoms. The third-order valence-electron chi connectivity index (χ3n) is 2.72. The van der Waals surface area contributed by atoms with Gasteiger partial charge < -0.3 is 5.32 Å². The first-order valence-electron chi connectivity index (χ1n) is 5.16. The minimum absolute atomic E-state index is 0.184. The first-order chi connectivity index (χ1) is 7.17. The largest absolute Gasteiger partial charge is 0.309 e. The third-order valence-corrected chi connectivity index (χ3v) is 4.41. The topological polar surface area (TPSA) is 46.2 Å². The standard InChI is InChI=1S/C11H15NO2S/c13-15(14)8-6-11(12-7-9-15)10-4-2-1-3-5-10/h1-5,11-12H,6-9H2. The quantitative estimate of drug-likeness (QED) is 0.779. The van der Waals surface area contributed by atoms with Crippen molar-refractivity contribution in [3.63, 3.8) is 0 Å². The Hall–Kier alpha value is -0.870. The summed E-state index contributed by atoms with van der Waals surface area (Å²) < 4.78 is 22.8. The van der Waals surface area contributed by atoms with Crippen LogP contribution < -0.4 is 5.32 Å². The summed E-state index contributed by atoms with van der Waals surface area (Å²) in [6.45, 7) is 0.557. The lowest BCUT2D eigenvalue weighted by atomic mass is 10.1. The molecule has 0 spiro atoms. The molecular weight excluding hydrogens is 210 g/mol. The van der Waals surface area contributed by atoms with Crippen LogP contribution >= 0.6 is 0 Å². The lowest BCUT2D eigenvalue weighted by molar-refractivity contribution is 0.551. The van der Waals surface area contributed by atoms with Gasteiger partial charge in [-0.25, -0.2) is 8.42 Å². The van der Waals surface area contributed by atoms with Crippen molar-refractivity contribution in [1.29, 1.82) is 0 Å². The molecule has 4 heteroatoms. The fraction of sp³-hybridized carbons (Fsp3) is 0.455. The summed E-state index contributed by atoms with van der Waals surface area (Å²) in [6, 6.07) is 10.2. The van der Waals surface area contributed by atoms with E-state index in [1.807, 2.05) is 30.3 Å². The van der Waals surface area contributed by atoms with Gasteiger partial charge >= 0.3 is 0 Å². The van der Waals surface area contributed by atoms with Crippen LogP contribution in [0.1, 0.15) is 18.0 Å². The highest BCUT2D eigenvalue weighted by Crippen LogP contribution is 2.19. The molecule has 0 amide bonds. The summed E-state index contributed by atoms with van der Waals surface area (Å²) in [5, 5.41) is 3.27. The van der Waals surface area contributed by atoms with Crippen molar-refractivity contribution >= 4 is 9.84 Å². The highest BCUT2D eigenvalue weighted by atomic mass is 32.2. The average Bonchev–Trinajstić information content (AvgIpc) is 2.41. The highest BCUT2D eigenvalue weighted by molar-refractivity contribution is 7.91. The van der Waals surface area contributed by atoms with Crippen molar-refractivity contribution in [3.8, 4) is 0 Å². The van der Waals surface area contributed by atoms with E-state index in [9.17, 15) is 8.42 Å². The van der Waals surface area contributed by atoms with Crippen LogP contribution in [0, 0.1) is 0 Å². The van der Waals surface area contributed by atoms with Gasteiger partial charge in [0.1, 0.15) is 0 Å². The van der Waals surface area contributed by atoms with Crippen LogP contribution in [0.4, 0.5) is 0 Å². The molecule has 0 saturated carbocycles. The maximum Gasteiger partial charge on any atom is 0.151 e. The van der Waals surface area contributed by atoms with Crippen molar-refractivity contribution in [2.75, 3.05) is 18.1 Å². The summed E-state index contributed by atoms with van der Waals surface area (Å²) >= 11 is 0. The predicted molar refractivity (Wildman–Crippen MR) is 60.5 cm³/mol. The molecule has 82 valence electrons.